The molecule has 0 aliphatic carbocycles. The Morgan fingerprint density at radius 1 is 1.14 bits per heavy atom. The number of fused-ring (bicyclic) bond motifs is 2. The van der Waals surface area contributed by atoms with Gasteiger partial charge < -0.3 is 10.4 Å². The number of amidine groups is 1. The van der Waals surface area contributed by atoms with Crippen LogP contribution in [-0.4, -0.2) is 42.9 Å². The molecule has 0 fully saturated rings. The number of hydrogen-bond acceptors (Lipinski definition) is 11. The van der Waals surface area contributed by atoms with Crippen LogP contribution in [0.4, 0.5) is 17.1 Å². The summed E-state index contributed by atoms with van der Waals surface area (Å²) in [5.41, 5.74) is -1.32. The van der Waals surface area contributed by atoms with Gasteiger partial charge in [-0.3, -0.25) is 33.3 Å². The number of sulfonamides is 1. The van der Waals surface area contributed by atoms with Crippen molar-refractivity contribution < 1.29 is 27.6 Å². The largest absolute Gasteiger partial charge is 0.506 e. The molecule has 0 unspecified atom stereocenters. The van der Waals surface area contributed by atoms with Crippen molar-refractivity contribution in [1.82, 2.24) is 9.55 Å². The summed E-state index contributed by atoms with van der Waals surface area (Å²) in [7, 11) is -8.46. The van der Waals surface area contributed by atoms with Crippen LogP contribution < -0.4 is 15.6 Å². The molecule has 0 saturated carbocycles. The smallest absolute Gasteiger partial charge is 0.289 e. The van der Waals surface area contributed by atoms with Crippen molar-refractivity contribution >= 4 is 54.7 Å². The van der Waals surface area contributed by atoms with Crippen molar-refractivity contribution in [2.75, 3.05) is 10.0 Å². The second-order valence-corrected chi connectivity index (χ2v) is 13.2. The number of nitro groups is 1. The van der Waals surface area contributed by atoms with Crippen LogP contribution in [0.25, 0.3) is 11.0 Å². The van der Waals surface area contributed by atoms with Gasteiger partial charge in [-0.1, -0.05) is 36.8 Å². The van der Waals surface area contributed by atoms with Gasteiger partial charge in [0.2, 0.25) is 0 Å². The van der Waals surface area contributed by atoms with E-state index in [0.717, 1.165) is 18.2 Å². The first kappa shape index (κ1) is 29.0. The van der Waals surface area contributed by atoms with E-state index >= 15 is 0 Å². The first-order valence-electron chi connectivity index (χ1n) is 12.6. The molecule has 5 N–H and O–H groups in total. The van der Waals surface area contributed by atoms with Gasteiger partial charge in [0.1, 0.15) is 21.9 Å². The lowest BCUT2D eigenvalue weighted by Gasteiger charge is -2.34. The zero-order valence-corrected chi connectivity index (χ0v) is 23.9. The standard InChI is InChI=1S/C26H26N6O8S2/c1-15(2)11-13-31-25-17(6-5-12-27-25)23(33)22(26(31)34)24-28-18-10-9-16(14-21(18)42(39,40)30-24)29-41(37,38)20-8-4-3-7-19(20)32(35)36/h3-10,12,14-15,29,33,39-40H,11,13H2,1-2H3,(H,28,30). The normalized spacial score (nSPS) is 15.0. The van der Waals surface area contributed by atoms with Gasteiger partial charge in [-0.2, -0.15) is 0 Å². The number of pyridine rings is 2. The van der Waals surface area contributed by atoms with E-state index in [1.165, 1.54) is 35.0 Å². The maximum Gasteiger partial charge on any atom is 0.289 e. The molecule has 0 saturated heterocycles. The number of aromatic nitrogens is 2. The van der Waals surface area contributed by atoms with Crippen molar-refractivity contribution in [3.8, 4) is 5.75 Å². The average Bonchev–Trinajstić information content (AvgIpc) is 2.93. The molecule has 0 radical (unpaired) electrons. The first-order chi connectivity index (χ1) is 19.8. The molecule has 0 bridgehead atoms. The maximum absolute atomic E-state index is 13.6. The van der Waals surface area contributed by atoms with E-state index in [-0.39, 0.29) is 44.6 Å². The zero-order valence-electron chi connectivity index (χ0n) is 22.3. The highest BCUT2D eigenvalue weighted by atomic mass is 32.3. The summed E-state index contributed by atoms with van der Waals surface area (Å²) in [6.45, 7) is 4.28. The summed E-state index contributed by atoms with van der Waals surface area (Å²) in [6, 6.07) is 11.7. The van der Waals surface area contributed by atoms with Crippen LogP contribution in [0.3, 0.4) is 0 Å². The number of rotatable bonds is 8. The van der Waals surface area contributed by atoms with Crippen LogP contribution in [0.1, 0.15) is 25.8 Å². The van der Waals surface area contributed by atoms with E-state index in [1.54, 1.807) is 12.1 Å². The Morgan fingerprint density at radius 3 is 2.60 bits per heavy atom. The van der Waals surface area contributed by atoms with E-state index in [4.69, 9.17) is 0 Å². The van der Waals surface area contributed by atoms with E-state index in [0.29, 0.717) is 13.0 Å². The second-order valence-electron chi connectivity index (χ2n) is 9.86. The summed E-state index contributed by atoms with van der Waals surface area (Å²) in [6.07, 6.45) is 2.14. The van der Waals surface area contributed by atoms with Gasteiger partial charge in [-0.25, -0.2) is 13.4 Å². The van der Waals surface area contributed by atoms with Crippen LogP contribution in [0.2, 0.25) is 0 Å². The van der Waals surface area contributed by atoms with Crippen molar-refractivity contribution in [3.63, 3.8) is 0 Å². The molecule has 14 nitrogen and oxygen atoms in total. The quantitative estimate of drug-likeness (QED) is 0.136. The summed E-state index contributed by atoms with van der Waals surface area (Å²) in [5.74, 6) is -0.471. The molecular weight excluding hydrogens is 588 g/mol. The number of aryl methyl sites for hydroxylation is 1. The van der Waals surface area contributed by atoms with Gasteiger partial charge in [0.15, 0.2) is 10.7 Å². The third-order valence-corrected chi connectivity index (χ3v) is 9.31. The lowest BCUT2D eigenvalue weighted by Crippen LogP contribution is -2.32. The highest BCUT2D eigenvalue weighted by molar-refractivity contribution is 8.23. The highest BCUT2D eigenvalue weighted by Gasteiger charge is 2.32. The summed E-state index contributed by atoms with van der Waals surface area (Å²) >= 11 is 0. The van der Waals surface area contributed by atoms with Crippen molar-refractivity contribution in [1.29, 1.82) is 0 Å². The fraction of sp³-hybridized carbons (Fsp3) is 0.192. The minimum Gasteiger partial charge on any atom is -0.506 e. The maximum atomic E-state index is 13.6. The van der Waals surface area contributed by atoms with Crippen LogP contribution >= 0.6 is 10.8 Å². The number of nitrogens with zero attached hydrogens (tertiary/aromatic N) is 4. The van der Waals surface area contributed by atoms with Gasteiger partial charge in [0.05, 0.1) is 21.7 Å². The van der Waals surface area contributed by atoms with Crippen LogP contribution in [0.15, 0.2) is 79.8 Å². The topological polar surface area (TPSA) is 209 Å². The lowest BCUT2D eigenvalue weighted by molar-refractivity contribution is -0.387. The summed E-state index contributed by atoms with van der Waals surface area (Å²) < 4.78 is 55.5. The fourth-order valence-corrected chi connectivity index (χ4v) is 6.88. The molecule has 4 aromatic rings. The molecule has 0 amide bonds. The summed E-state index contributed by atoms with van der Waals surface area (Å²) in [4.78, 5) is 27.6. The number of benzene rings is 2. The van der Waals surface area contributed by atoms with Gasteiger partial charge >= 0.3 is 0 Å². The minimum atomic E-state index is -4.44. The minimum absolute atomic E-state index is 0.0902. The number of para-hydroxylation sites is 1. The predicted octanol–water partition coefficient (Wildman–Crippen LogP) is 4.75. The number of aromatic hydroxyl groups is 1. The Morgan fingerprint density at radius 2 is 1.88 bits per heavy atom. The number of nitrogens with one attached hydrogen (secondary N) is 2. The molecule has 3 heterocycles. The molecule has 2 aromatic carbocycles. The van der Waals surface area contributed by atoms with E-state index in [9.17, 15) is 37.5 Å². The predicted molar refractivity (Wildman–Crippen MR) is 159 cm³/mol. The molecule has 0 spiro atoms. The Balaban J connectivity index is 1.56. The molecule has 0 atom stereocenters. The van der Waals surface area contributed by atoms with E-state index < -0.39 is 47.6 Å². The second kappa shape index (κ2) is 10.7. The van der Waals surface area contributed by atoms with Crippen molar-refractivity contribution in [2.24, 2.45) is 10.3 Å². The Hall–Kier alpha value is -4.51. The van der Waals surface area contributed by atoms with Crippen molar-refractivity contribution in [2.45, 2.75) is 36.6 Å². The number of nitro benzene ring substituents is 1. The lowest BCUT2D eigenvalue weighted by atomic mass is 10.1. The van der Waals surface area contributed by atoms with Crippen LogP contribution in [0.5, 0.6) is 5.75 Å². The van der Waals surface area contributed by atoms with Crippen LogP contribution in [0, 0.1) is 16.0 Å². The van der Waals surface area contributed by atoms with E-state index in [2.05, 4.69) is 19.4 Å². The fourth-order valence-electron chi connectivity index (χ4n) is 4.47. The monoisotopic (exact) mass is 614 g/mol. The molecular formula is C26H26N6O8S2. The van der Waals surface area contributed by atoms with E-state index in [1.807, 2.05) is 13.8 Å². The van der Waals surface area contributed by atoms with Crippen molar-refractivity contribution in [3.05, 3.63) is 86.8 Å². The SMILES string of the molecule is CC(C)CCn1c(=O)c(C2=NS(O)(O)c3cc(NS(=O)(=O)c4ccccc4[N+](=O)[O-])ccc3N2)c(O)c2cccnc21. The number of hydrogen-bond donors (Lipinski definition) is 5. The van der Waals surface area contributed by atoms with Gasteiger partial charge in [-0.15, -0.1) is 4.40 Å². The first-order valence-corrected chi connectivity index (χ1v) is 15.5. The van der Waals surface area contributed by atoms with Gasteiger partial charge in [-0.05, 0) is 48.7 Å². The van der Waals surface area contributed by atoms with Crippen LogP contribution in [-0.2, 0) is 16.6 Å². The summed E-state index contributed by atoms with van der Waals surface area (Å²) in [5, 5.41) is 25.5. The average molecular weight is 615 g/mol. The molecule has 16 heteroatoms. The molecule has 5 rings (SSSR count). The Bertz CT molecular complexity index is 1940. The number of anilines is 2. The molecule has 1 aliphatic rings. The third-order valence-electron chi connectivity index (χ3n) is 6.51. The molecule has 2 aromatic heterocycles. The highest BCUT2D eigenvalue weighted by Crippen LogP contribution is 2.56. The zero-order chi connectivity index (χ0) is 30.4. The Labute approximate surface area is 241 Å². The molecule has 220 valence electrons. The molecule has 42 heavy (non-hydrogen) atoms. The van der Waals surface area contributed by atoms with Gasteiger partial charge in [0, 0.05) is 18.8 Å². The Kier molecular flexibility index (Phi) is 7.40. The molecule has 1 aliphatic heterocycles. The van der Waals surface area contributed by atoms with Gasteiger partial charge in [0.25, 0.3) is 21.3 Å². The third kappa shape index (κ3) is 5.27.